The third-order valence-electron chi connectivity index (χ3n) is 3.31. The summed E-state index contributed by atoms with van der Waals surface area (Å²) in [6, 6.07) is 9.05. The number of rotatable bonds is 8. The van der Waals surface area contributed by atoms with E-state index in [2.05, 4.69) is 43.5 Å². The molecule has 0 aliphatic carbocycles. The molecule has 0 saturated carbocycles. The average molecular weight is 234 g/mol. The highest BCUT2D eigenvalue weighted by molar-refractivity contribution is 5.25. The van der Waals surface area contributed by atoms with E-state index in [0.717, 1.165) is 12.8 Å². The molecule has 0 heterocycles. The van der Waals surface area contributed by atoms with Crippen LogP contribution in [0.2, 0.25) is 0 Å². The number of benzene rings is 1. The molecular formula is C15H26N2. The second-order valence-corrected chi connectivity index (χ2v) is 4.67. The fraction of sp³-hybridized carbons (Fsp3) is 0.600. The highest BCUT2D eigenvalue weighted by Gasteiger charge is 2.09. The van der Waals surface area contributed by atoms with E-state index in [1.807, 2.05) is 0 Å². The minimum atomic E-state index is 0.304. The number of aryl methyl sites for hydroxylation is 1. The van der Waals surface area contributed by atoms with Crippen molar-refractivity contribution in [1.29, 1.82) is 0 Å². The lowest BCUT2D eigenvalue weighted by Crippen LogP contribution is -2.28. The van der Waals surface area contributed by atoms with Crippen molar-refractivity contribution in [3.8, 4) is 0 Å². The van der Waals surface area contributed by atoms with Gasteiger partial charge < -0.3 is 0 Å². The summed E-state index contributed by atoms with van der Waals surface area (Å²) in [5, 5.41) is 0. The van der Waals surface area contributed by atoms with Crippen LogP contribution in [0.25, 0.3) is 0 Å². The molecular weight excluding hydrogens is 208 g/mol. The first kappa shape index (κ1) is 14.2. The molecule has 0 aliphatic heterocycles. The van der Waals surface area contributed by atoms with Gasteiger partial charge in [-0.25, -0.2) is 0 Å². The van der Waals surface area contributed by atoms with E-state index in [1.165, 1.54) is 36.8 Å². The van der Waals surface area contributed by atoms with E-state index in [0.29, 0.717) is 6.04 Å². The molecule has 3 N–H and O–H groups in total. The van der Waals surface area contributed by atoms with Crippen LogP contribution >= 0.6 is 0 Å². The van der Waals surface area contributed by atoms with Gasteiger partial charge in [-0.15, -0.1) is 0 Å². The van der Waals surface area contributed by atoms with Gasteiger partial charge in [0.15, 0.2) is 0 Å². The molecule has 1 aromatic carbocycles. The van der Waals surface area contributed by atoms with E-state index < -0.39 is 0 Å². The van der Waals surface area contributed by atoms with E-state index in [9.17, 15) is 0 Å². The van der Waals surface area contributed by atoms with Gasteiger partial charge in [0.1, 0.15) is 0 Å². The predicted octanol–water partition coefficient (Wildman–Crippen LogP) is 3.72. The number of hydrogen-bond acceptors (Lipinski definition) is 2. The van der Waals surface area contributed by atoms with E-state index >= 15 is 0 Å². The minimum Gasteiger partial charge on any atom is -0.271 e. The third kappa shape index (κ3) is 4.88. The minimum absolute atomic E-state index is 0.304. The van der Waals surface area contributed by atoms with Crippen LogP contribution in [-0.2, 0) is 6.42 Å². The maximum absolute atomic E-state index is 5.66. The van der Waals surface area contributed by atoms with Gasteiger partial charge in [-0.05, 0) is 24.0 Å². The number of unbranched alkanes of at least 4 members (excludes halogenated alkanes) is 3. The Balaban J connectivity index is 2.53. The molecule has 1 aromatic rings. The molecule has 0 saturated heterocycles. The van der Waals surface area contributed by atoms with Gasteiger partial charge in [0.25, 0.3) is 0 Å². The van der Waals surface area contributed by atoms with Crippen LogP contribution in [-0.4, -0.2) is 0 Å². The summed E-state index contributed by atoms with van der Waals surface area (Å²) in [5.74, 6) is 5.66. The highest BCUT2D eigenvalue weighted by atomic mass is 15.2. The van der Waals surface area contributed by atoms with Gasteiger partial charge in [0, 0.05) is 6.04 Å². The second kappa shape index (κ2) is 8.26. The van der Waals surface area contributed by atoms with Crippen molar-refractivity contribution < 1.29 is 0 Å². The van der Waals surface area contributed by atoms with Crippen LogP contribution in [0.1, 0.15) is 63.1 Å². The van der Waals surface area contributed by atoms with Gasteiger partial charge in [0.05, 0.1) is 0 Å². The molecule has 0 spiro atoms. The summed E-state index contributed by atoms with van der Waals surface area (Å²) in [5.41, 5.74) is 5.65. The molecule has 0 radical (unpaired) electrons. The zero-order chi connectivity index (χ0) is 12.5. The quantitative estimate of drug-likeness (QED) is 0.409. The SMILES string of the molecule is CCCCCCC(NN)c1cccc(CC)c1. The molecule has 1 rings (SSSR count). The van der Waals surface area contributed by atoms with Gasteiger partial charge in [0.2, 0.25) is 0 Å². The summed E-state index contributed by atoms with van der Waals surface area (Å²) in [6.07, 6.45) is 7.38. The molecule has 0 bridgehead atoms. The van der Waals surface area contributed by atoms with Crippen molar-refractivity contribution in [2.24, 2.45) is 5.84 Å². The van der Waals surface area contributed by atoms with Crippen molar-refractivity contribution in [1.82, 2.24) is 5.43 Å². The summed E-state index contributed by atoms with van der Waals surface area (Å²) in [4.78, 5) is 0. The van der Waals surface area contributed by atoms with Crippen molar-refractivity contribution >= 4 is 0 Å². The van der Waals surface area contributed by atoms with Gasteiger partial charge >= 0.3 is 0 Å². The Hall–Kier alpha value is -0.860. The maximum atomic E-state index is 5.66. The molecule has 0 amide bonds. The van der Waals surface area contributed by atoms with Crippen LogP contribution in [0, 0.1) is 0 Å². The normalized spacial score (nSPS) is 12.6. The lowest BCUT2D eigenvalue weighted by Gasteiger charge is -2.17. The number of hydrazine groups is 1. The summed E-state index contributed by atoms with van der Waals surface area (Å²) >= 11 is 0. The Kier molecular flexibility index (Phi) is 6.90. The highest BCUT2D eigenvalue weighted by Crippen LogP contribution is 2.20. The molecule has 0 aromatic heterocycles. The Morgan fingerprint density at radius 1 is 1.18 bits per heavy atom. The first-order valence-corrected chi connectivity index (χ1v) is 6.86. The summed E-state index contributed by atoms with van der Waals surface area (Å²) < 4.78 is 0. The molecule has 2 nitrogen and oxygen atoms in total. The summed E-state index contributed by atoms with van der Waals surface area (Å²) in [7, 11) is 0. The monoisotopic (exact) mass is 234 g/mol. The van der Waals surface area contributed by atoms with Gasteiger partial charge in [-0.2, -0.15) is 0 Å². The predicted molar refractivity (Wildman–Crippen MR) is 74.6 cm³/mol. The average Bonchev–Trinajstić information content (AvgIpc) is 2.39. The smallest absolute Gasteiger partial charge is 0.0460 e. The van der Waals surface area contributed by atoms with Crippen molar-refractivity contribution in [2.75, 3.05) is 0 Å². The van der Waals surface area contributed by atoms with Crippen molar-refractivity contribution in [2.45, 2.75) is 58.4 Å². The molecule has 17 heavy (non-hydrogen) atoms. The van der Waals surface area contributed by atoms with Gasteiger partial charge in [-0.1, -0.05) is 63.8 Å². The van der Waals surface area contributed by atoms with E-state index in [4.69, 9.17) is 5.84 Å². The Bertz CT molecular complexity index is 310. The zero-order valence-corrected chi connectivity index (χ0v) is 11.2. The number of nitrogens with one attached hydrogen (secondary N) is 1. The Morgan fingerprint density at radius 2 is 2.00 bits per heavy atom. The van der Waals surface area contributed by atoms with Gasteiger partial charge in [-0.3, -0.25) is 11.3 Å². The molecule has 1 atom stereocenters. The molecule has 2 heteroatoms. The lowest BCUT2D eigenvalue weighted by atomic mass is 9.98. The van der Waals surface area contributed by atoms with Crippen LogP contribution in [0.15, 0.2) is 24.3 Å². The number of nitrogens with two attached hydrogens (primary N) is 1. The largest absolute Gasteiger partial charge is 0.271 e. The fourth-order valence-electron chi connectivity index (χ4n) is 2.15. The molecule has 96 valence electrons. The second-order valence-electron chi connectivity index (χ2n) is 4.67. The Morgan fingerprint density at radius 3 is 2.65 bits per heavy atom. The topological polar surface area (TPSA) is 38.0 Å². The molecule has 0 fully saturated rings. The van der Waals surface area contributed by atoms with E-state index in [1.54, 1.807) is 0 Å². The molecule has 0 aliphatic rings. The third-order valence-corrected chi connectivity index (χ3v) is 3.31. The van der Waals surface area contributed by atoms with Crippen LogP contribution < -0.4 is 11.3 Å². The summed E-state index contributed by atoms with van der Waals surface area (Å²) in [6.45, 7) is 4.43. The first-order valence-electron chi connectivity index (χ1n) is 6.86. The van der Waals surface area contributed by atoms with Crippen LogP contribution in [0.5, 0.6) is 0 Å². The number of hydrogen-bond donors (Lipinski definition) is 2. The van der Waals surface area contributed by atoms with Crippen LogP contribution in [0.4, 0.5) is 0 Å². The van der Waals surface area contributed by atoms with Crippen molar-refractivity contribution in [3.63, 3.8) is 0 Å². The zero-order valence-electron chi connectivity index (χ0n) is 11.2. The maximum Gasteiger partial charge on any atom is 0.0460 e. The Labute approximate surface area is 106 Å². The van der Waals surface area contributed by atoms with Crippen LogP contribution in [0.3, 0.4) is 0 Å². The molecule has 1 unspecified atom stereocenters. The first-order chi connectivity index (χ1) is 8.31. The lowest BCUT2D eigenvalue weighted by molar-refractivity contribution is 0.481. The van der Waals surface area contributed by atoms with E-state index in [-0.39, 0.29) is 0 Å². The fourth-order valence-corrected chi connectivity index (χ4v) is 2.15. The standard InChI is InChI=1S/C15H26N2/c1-3-5-6-7-11-15(17-16)14-10-8-9-13(4-2)12-14/h8-10,12,15,17H,3-7,11,16H2,1-2H3. The van der Waals surface area contributed by atoms with Crippen molar-refractivity contribution in [3.05, 3.63) is 35.4 Å².